The molecule has 0 aliphatic rings. The van der Waals surface area contributed by atoms with E-state index in [2.05, 4.69) is 4.74 Å². The fourth-order valence-corrected chi connectivity index (χ4v) is 0.302. The summed E-state index contributed by atoms with van der Waals surface area (Å²) in [7, 11) is 0. The van der Waals surface area contributed by atoms with Gasteiger partial charge in [0, 0.05) is 0 Å². The molecule has 0 aromatic carbocycles. The molecule has 5 heteroatoms. The van der Waals surface area contributed by atoms with E-state index >= 15 is 0 Å². The molecule has 5 nitrogen and oxygen atoms in total. The van der Waals surface area contributed by atoms with E-state index in [-0.39, 0.29) is 13.2 Å². The van der Waals surface area contributed by atoms with Crippen LogP contribution >= 0.6 is 0 Å². The highest BCUT2D eigenvalue weighted by atomic mass is 16.6. The third-order valence-electron chi connectivity index (χ3n) is 0.507. The smallest absolute Gasteiger partial charge is 0.405 e. The average Bonchev–Trinajstić information content (AvgIpc) is 1.83. The highest BCUT2D eigenvalue weighted by Gasteiger charge is 2.12. The van der Waals surface area contributed by atoms with Crippen molar-refractivity contribution in [1.82, 2.24) is 0 Å². The second-order valence-corrected chi connectivity index (χ2v) is 2.98. The number of carbonyl (C=O) groups is 1. The van der Waals surface area contributed by atoms with E-state index in [0.29, 0.717) is 0 Å². The Hall–Kier alpha value is -0.810. The zero-order valence-corrected chi connectivity index (χ0v) is 7.70. The molecular weight excluding hydrogens is 162 g/mol. The van der Waals surface area contributed by atoms with Crippen LogP contribution in [0.25, 0.3) is 0 Å². The van der Waals surface area contributed by atoms with Crippen molar-refractivity contribution in [1.29, 1.82) is 0 Å². The first-order valence-electron chi connectivity index (χ1n) is 3.53. The molecule has 0 aliphatic carbocycles. The van der Waals surface area contributed by atoms with Crippen molar-refractivity contribution in [2.24, 2.45) is 5.73 Å². The summed E-state index contributed by atoms with van der Waals surface area (Å²) in [4.78, 5) is 10.0. The molecule has 0 spiro atoms. The topological polar surface area (TPSA) is 92.8 Å². The van der Waals surface area contributed by atoms with Gasteiger partial charge >= 0.3 is 6.09 Å². The third-order valence-corrected chi connectivity index (χ3v) is 0.507. The maximum atomic E-state index is 10.0. The minimum absolute atomic E-state index is 0.125. The zero-order valence-electron chi connectivity index (χ0n) is 7.70. The zero-order chi connectivity index (χ0) is 10.2. The first kappa shape index (κ1) is 13.8. The predicted molar refractivity (Wildman–Crippen MR) is 44.6 cm³/mol. The normalized spacial score (nSPS) is 9.75. The maximum Gasteiger partial charge on any atom is 0.405 e. The lowest BCUT2D eigenvalue weighted by Gasteiger charge is -2.16. The molecule has 0 rings (SSSR count). The van der Waals surface area contributed by atoms with Crippen molar-refractivity contribution in [3.63, 3.8) is 0 Å². The van der Waals surface area contributed by atoms with Crippen LogP contribution < -0.4 is 5.73 Å². The number of hydrogen-bond acceptors (Lipinski definition) is 4. The molecule has 0 radical (unpaired) electrons. The number of amides is 1. The van der Waals surface area contributed by atoms with E-state index in [9.17, 15) is 4.79 Å². The highest BCUT2D eigenvalue weighted by Crippen LogP contribution is 2.04. The van der Waals surface area contributed by atoms with Gasteiger partial charge in [-0.3, -0.25) is 0 Å². The molecule has 0 aromatic heterocycles. The van der Waals surface area contributed by atoms with Gasteiger partial charge in [-0.15, -0.1) is 0 Å². The fraction of sp³-hybridized carbons (Fsp3) is 0.857. The number of nitrogens with two attached hydrogens (primary N) is 1. The van der Waals surface area contributed by atoms with E-state index < -0.39 is 11.7 Å². The van der Waals surface area contributed by atoms with Gasteiger partial charge in [0.25, 0.3) is 0 Å². The van der Waals surface area contributed by atoms with Gasteiger partial charge in [0.2, 0.25) is 0 Å². The van der Waals surface area contributed by atoms with Crippen LogP contribution in [0.4, 0.5) is 4.79 Å². The molecule has 1 amide bonds. The van der Waals surface area contributed by atoms with Gasteiger partial charge < -0.3 is 20.7 Å². The Balaban J connectivity index is 0. The fourth-order valence-electron chi connectivity index (χ4n) is 0.302. The van der Waals surface area contributed by atoms with Crippen LogP contribution in [0.2, 0.25) is 0 Å². The Morgan fingerprint density at radius 3 is 1.67 bits per heavy atom. The van der Waals surface area contributed by atoms with E-state index in [4.69, 9.17) is 15.9 Å². The summed E-state index contributed by atoms with van der Waals surface area (Å²) < 4.78 is 4.58. The van der Waals surface area contributed by atoms with Gasteiger partial charge in [0.05, 0.1) is 13.2 Å². The van der Waals surface area contributed by atoms with Crippen molar-refractivity contribution < 1.29 is 19.7 Å². The Morgan fingerprint density at radius 2 is 1.67 bits per heavy atom. The minimum atomic E-state index is -0.725. The van der Waals surface area contributed by atoms with Crippen molar-refractivity contribution >= 4 is 6.09 Å². The van der Waals surface area contributed by atoms with Gasteiger partial charge in [-0.2, -0.15) is 0 Å². The van der Waals surface area contributed by atoms with Gasteiger partial charge in [-0.1, -0.05) is 0 Å². The van der Waals surface area contributed by atoms with Crippen LogP contribution in [0.3, 0.4) is 0 Å². The molecular formula is C7H17NO4. The number of carbonyl (C=O) groups excluding carboxylic acids is 1. The van der Waals surface area contributed by atoms with Crippen molar-refractivity contribution in [2.75, 3.05) is 13.2 Å². The van der Waals surface area contributed by atoms with Crippen LogP contribution in [0.5, 0.6) is 0 Å². The second-order valence-electron chi connectivity index (χ2n) is 2.98. The summed E-state index contributed by atoms with van der Waals surface area (Å²) in [5, 5.41) is 15.2. The van der Waals surface area contributed by atoms with Gasteiger partial charge in [-0.05, 0) is 20.8 Å². The Labute approximate surface area is 72.1 Å². The van der Waals surface area contributed by atoms with Crippen molar-refractivity contribution in [3.05, 3.63) is 0 Å². The summed E-state index contributed by atoms with van der Waals surface area (Å²) in [5.74, 6) is 0. The van der Waals surface area contributed by atoms with Gasteiger partial charge in [0.15, 0.2) is 0 Å². The van der Waals surface area contributed by atoms with Crippen LogP contribution in [-0.2, 0) is 4.74 Å². The molecule has 0 bridgehead atoms. The Kier molecular flexibility index (Phi) is 7.88. The third kappa shape index (κ3) is 22.9. The van der Waals surface area contributed by atoms with E-state index in [0.717, 1.165) is 0 Å². The monoisotopic (exact) mass is 179 g/mol. The molecule has 0 heterocycles. The number of ether oxygens (including phenoxy) is 1. The summed E-state index contributed by atoms with van der Waals surface area (Å²) in [6, 6.07) is 0. The standard InChI is InChI=1S/C5H11NO2.C2H6O2/c1-5(2,3)8-4(6)7;3-1-2-4/h1-3H3,(H2,6,7);3-4H,1-2H2. The lowest BCUT2D eigenvalue weighted by molar-refractivity contribution is 0.0600. The van der Waals surface area contributed by atoms with E-state index in [1.165, 1.54) is 0 Å². The average molecular weight is 179 g/mol. The maximum absolute atomic E-state index is 10.0. The van der Waals surface area contributed by atoms with Gasteiger partial charge in [-0.25, -0.2) is 4.79 Å². The number of aliphatic hydroxyl groups excluding tert-OH is 2. The van der Waals surface area contributed by atoms with Crippen LogP contribution in [-0.4, -0.2) is 35.1 Å². The van der Waals surface area contributed by atoms with Crippen LogP contribution in [0, 0.1) is 0 Å². The summed E-state index contributed by atoms with van der Waals surface area (Å²) >= 11 is 0. The lowest BCUT2D eigenvalue weighted by atomic mass is 10.2. The molecule has 0 unspecified atom stereocenters. The highest BCUT2D eigenvalue weighted by molar-refractivity contribution is 5.65. The molecule has 0 aliphatic heterocycles. The minimum Gasteiger partial charge on any atom is -0.444 e. The first-order chi connectivity index (χ1) is 5.33. The van der Waals surface area contributed by atoms with Crippen LogP contribution in [0.15, 0.2) is 0 Å². The molecule has 0 saturated carbocycles. The van der Waals surface area contributed by atoms with Crippen LogP contribution in [0.1, 0.15) is 20.8 Å². The molecule has 0 atom stereocenters. The molecule has 74 valence electrons. The lowest BCUT2D eigenvalue weighted by Crippen LogP contribution is -2.27. The van der Waals surface area contributed by atoms with E-state index in [1.54, 1.807) is 20.8 Å². The quantitative estimate of drug-likeness (QED) is 0.522. The molecule has 12 heavy (non-hydrogen) atoms. The van der Waals surface area contributed by atoms with Crippen molar-refractivity contribution in [2.45, 2.75) is 26.4 Å². The van der Waals surface area contributed by atoms with E-state index in [1.807, 2.05) is 0 Å². The Morgan fingerprint density at radius 1 is 1.33 bits per heavy atom. The molecule has 4 N–H and O–H groups in total. The number of hydrogen-bond donors (Lipinski definition) is 3. The summed E-state index contributed by atoms with van der Waals surface area (Å²) in [6.45, 7) is 5.04. The molecule has 0 aromatic rings. The largest absolute Gasteiger partial charge is 0.444 e. The molecule has 0 fully saturated rings. The second kappa shape index (κ2) is 6.87. The van der Waals surface area contributed by atoms with Gasteiger partial charge in [0.1, 0.15) is 5.60 Å². The first-order valence-corrected chi connectivity index (χ1v) is 3.53. The van der Waals surface area contributed by atoms with Crippen molar-refractivity contribution in [3.8, 4) is 0 Å². The summed E-state index contributed by atoms with van der Waals surface area (Å²) in [6.07, 6.45) is -0.725. The summed E-state index contributed by atoms with van der Waals surface area (Å²) in [5.41, 5.74) is 4.26. The Bertz CT molecular complexity index is 117. The SMILES string of the molecule is CC(C)(C)OC(N)=O.OCCO. The number of rotatable bonds is 1. The molecule has 0 saturated heterocycles. The number of aliphatic hydroxyl groups is 2. The predicted octanol–water partition coefficient (Wildman–Crippen LogP) is -0.149. The number of primary amides is 1.